The van der Waals surface area contributed by atoms with E-state index in [-0.39, 0.29) is 11.3 Å². The Morgan fingerprint density at radius 2 is 1.37 bits per heavy atom. The molecule has 27 heavy (non-hydrogen) atoms. The van der Waals surface area contributed by atoms with Gasteiger partial charge in [0.2, 0.25) is 5.69 Å². The van der Waals surface area contributed by atoms with Gasteiger partial charge < -0.3 is 0 Å². The number of halogens is 1. The van der Waals surface area contributed by atoms with Gasteiger partial charge in [0.1, 0.15) is 11.9 Å². The topological polar surface area (TPSA) is 28.1 Å². The van der Waals surface area contributed by atoms with Crippen molar-refractivity contribution in [3.63, 3.8) is 0 Å². The summed E-state index contributed by atoms with van der Waals surface area (Å²) >= 11 is 0. The van der Waals surface area contributed by atoms with Gasteiger partial charge in [-0.2, -0.15) is 5.26 Å². The second-order valence-corrected chi connectivity index (χ2v) is 7.37. The third kappa shape index (κ3) is 3.21. The van der Waals surface area contributed by atoms with Crippen molar-refractivity contribution in [2.24, 2.45) is 0 Å². The Labute approximate surface area is 159 Å². The molecule has 3 heteroatoms. The molecule has 0 saturated carbocycles. The molecular formula is C24H19FN2. The number of hydrogen-bond acceptors (Lipinski definition) is 1. The number of benzene rings is 3. The summed E-state index contributed by atoms with van der Waals surface area (Å²) in [6, 6.07) is 20.7. The normalized spacial score (nSPS) is 10.9. The number of nitriles is 1. The molecule has 0 fully saturated rings. The summed E-state index contributed by atoms with van der Waals surface area (Å²) in [6.45, 7) is 13.7. The molecule has 0 radical (unpaired) electrons. The van der Waals surface area contributed by atoms with Crippen molar-refractivity contribution < 1.29 is 4.39 Å². The molecule has 0 unspecified atom stereocenters. The summed E-state index contributed by atoms with van der Waals surface area (Å²) in [5.41, 5.74) is 2.90. The van der Waals surface area contributed by atoms with Gasteiger partial charge in [0, 0.05) is 5.56 Å². The molecule has 0 saturated heterocycles. The molecule has 3 aromatic carbocycles. The van der Waals surface area contributed by atoms with Crippen LogP contribution in [0.15, 0.2) is 60.7 Å². The van der Waals surface area contributed by atoms with Crippen molar-refractivity contribution >= 4 is 5.69 Å². The van der Waals surface area contributed by atoms with Crippen molar-refractivity contribution in [1.29, 1.82) is 5.26 Å². The van der Waals surface area contributed by atoms with E-state index in [0.29, 0.717) is 11.1 Å². The number of hydrogen-bond donors (Lipinski definition) is 0. The fraction of sp³-hybridized carbons (Fsp3) is 0.167. The van der Waals surface area contributed by atoms with Gasteiger partial charge in [0.25, 0.3) is 0 Å². The van der Waals surface area contributed by atoms with Crippen molar-refractivity contribution in [3.05, 3.63) is 89.0 Å². The molecule has 132 valence electrons. The fourth-order valence-corrected chi connectivity index (χ4v) is 3.45. The molecule has 2 nitrogen and oxygen atoms in total. The summed E-state index contributed by atoms with van der Waals surface area (Å²) in [5.74, 6) is -0.752. The molecule has 3 rings (SSSR count). The zero-order chi connectivity index (χ0) is 19.6. The van der Waals surface area contributed by atoms with Crippen LogP contribution in [0.5, 0.6) is 0 Å². The highest BCUT2D eigenvalue weighted by molar-refractivity contribution is 5.92. The average molecular weight is 354 g/mol. The molecule has 3 aromatic rings. The smallest absolute Gasteiger partial charge is 0.231 e. The maximum Gasteiger partial charge on any atom is 0.231 e. The first kappa shape index (κ1) is 18.4. The van der Waals surface area contributed by atoms with Crippen LogP contribution in [-0.2, 0) is 5.41 Å². The minimum atomic E-state index is -0.752. The third-order valence-electron chi connectivity index (χ3n) is 4.51. The Morgan fingerprint density at radius 1 is 0.889 bits per heavy atom. The number of rotatable bonds is 2. The molecule has 0 aliphatic heterocycles. The lowest BCUT2D eigenvalue weighted by molar-refractivity contribution is 0.587. The Morgan fingerprint density at radius 3 is 1.78 bits per heavy atom. The van der Waals surface area contributed by atoms with Gasteiger partial charge in [-0.15, -0.1) is 0 Å². The number of nitrogens with zero attached hydrogens (tertiary/aromatic N) is 2. The van der Waals surface area contributed by atoms with Crippen molar-refractivity contribution in [2.45, 2.75) is 26.2 Å². The van der Waals surface area contributed by atoms with E-state index in [4.69, 9.17) is 6.57 Å². The van der Waals surface area contributed by atoms with Crippen LogP contribution in [0.25, 0.3) is 27.1 Å². The Hall–Kier alpha value is -3.43. The molecule has 0 bridgehead atoms. The second kappa shape index (κ2) is 7.06. The summed E-state index contributed by atoms with van der Waals surface area (Å²) in [4.78, 5) is 3.49. The first-order valence-electron chi connectivity index (χ1n) is 8.68. The fourth-order valence-electron chi connectivity index (χ4n) is 3.45. The highest BCUT2D eigenvalue weighted by atomic mass is 19.1. The molecule has 0 amide bonds. The molecule has 0 aromatic heterocycles. The van der Waals surface area contributed by atoms with Crippen LogP contribution >= 0.6 is 0 Å². The van der Waals surface area contributed by atoms with E-state index in [1.165, 1.54) is 0 Å². The van der Waals surface area contributed by atoms with E-state index in [2.05, 4.69) is 4.85 Å². The van der Waals surface area contributed by atoms with Gasteiger partial charge in [-0.25, -0.2) is 9.24 Å². The zero-order valence-electron chi connectivity index (χ0n) is 15.5. The highest BCUT2D eigenvalue weighted by Gasteiger charge is 2.31. The monoisotopic (exact) mass is 354 g/mol. The summed E-state index contributed by atoms with van der Waals surface area (Å²) < 4.78 is 15.3. The van der Waals surface area contributed by atoms with Gasteiger partial charge in [0.15, 0.2) is 0 Å². The molecule has 0 spiro atoms. The lowest BCUT2D eigenvalue weighted by atomic mass is 9.75. The van der Waals surface area contributed by atoms with Crippen LogP contribution in [0.2, 0.25) is 0 Å². The second-order valence-electron chi connectivity index (χ2n) is 7.37. The Balaban J connectivity index is 2.61. The van der Waals surface area contributed by atoms with Crippen LogP contribution in [0.3, 0.4) is 0 Å². The van der Waals surface area contributed by atoms with Crippen LogP contribution in [0, 0.1) is 23.7 Å². The quantitative estimate of drug-likeness (QED) is 0.461. The van der Waals surface area contributed by atoms with Gasteiger partial charge in [0.05, 0.1) is 12.1 Å². The van der Waals surface area contributed by atoms with Crippen LogP contribution in [-0.4, -0.2) is 0 Å². The molecule has 0 heterocycles. The van der Waals surface area contributed by atoms with Crippen molar-refractivity contribution in [2.75, 3.05) is 0 Å². The van der Waals surface area contributed by atoms with Gasteiger partial charge in [-0.05, 0) is 27.7 Å². The molecule has 0 N–H and O–H groups in total. The van der Waals surface area contributed by atoms with E-state index in [9.17, 15) is 5.26 Å². The van der Waals surface area contributed by atoms with Gasteiger partial charge in [-0.3, -0.25) is 0 Å². The van der Waals surface area contributed by atoms with Crippen molar-refractivity contribution in [1.82, 2.24) is 0 Å². The molecule has 0 aliphatic carbocycles. The summed E-state index contributed by atoms with van der Waals surface area (Å²) in [6.07, 6.45) is 0. The summed E-state index contributed by atoms with van der Waals surface area (Å²) in [5, 5.41) is 9.74. The Kier molecular flexibility index (Phi) is 4.80. The SMILES string of the molecule is [C-]#[N+]c1c(F)c(C#N)c(-c2ccccc2)c(C(C)(C)C)c1-c1ccccc1. The lowest BCUT2D eigenvalue weighted by Crippen LogP contribution is -2.17. The zero-order valence-corrected chi connectivity index (χ0v) is 15.5. The van der Waals surface area contributed by atoms with Crippen LogP contribution < -0.4 is 0 Å². The predicted octanol–water partition coefficient (Wildman–Crippen LogP) is 6.88. The van der Waals surface area contributed by atoms with E-state index < -0.39 is 11.2 Å². The first-order chi connectivity index (χ1) is 12.9. The maximum atomic E-state index is 15.3. The minimum absolute atomic E-state index is 0.0724. The predicted molar refractivity (Wildman–Crippen MR) is 107 cm³/mol. The average Bonchev–Trinajstić information content (AvgIpc) is 2.67. The van der Waals surface area contributed by atoms with Gasteiger partial charge in [-0.1, -0.05) is 81.4 Å². The minimum Gasteiger partial charge on any atom is -0.234 e. The largest absolute Gasteiger partial charge is 0.234 e. The summed E-state index contributed by atoms with van der Waals surface area (Å²) in [7, 11) is 0. The van der Waals surface area contributed by atoms with E-state index in [1.807, 2.05) is 87.5 Å². The Bertz CT molecular complexity index is 985. The van der Waals surface area contributed by atoms with Crippen LogP contribution in [0.4, 0.5) is 10.1 Å². The lowest BCUT2D eigenvalue weighted by Gasteiger charge is -2.29. The first-order valence-corrected chi connectivity index (χ1v) is 8.68. The van der Waals surface area contributed by atoms with Crippen molar-refractivity contribution in [3.8, 4) is 28.3 Å². The molecular weight excluding hydrogens is 335 g/mol. The molecule has 0 aliphatic rings. The third-order valence-corrected chi connectivity index (χ3v) is 4.51. The van der Waals surface area contributed by atoms with Gasteiger partial charge >= 0.3 is 0 Å². The van der Waals surface area contributed by atoms with E-state index >= 15 is 4.39 Å². The highest BCUT2D eigenvalue weighted by Crippen LogP contribution is 2.48. The standard InChI is InChI=1S/C24H19FN2/c1-24(2,3)21-19(16-11-7-5-8-12-16)18(15-26)22(25)23(27-4)20(21)17-13-9-6-10-14-17/h5-14H,1-3H3. The van der Waals surface area contributed by atoms with Crippen LogP contribution in [0.1, 0.15) is 31.9 Å². The van der Waals surface area contributed by atoms with E-state index in [0.717, 1.165) is 16.7 Å². The maximum absolute atomic E-state index is 15.3. The van der Waals surface area contributed by atoms with E-state index in [1.54, 1.807) is 0 Å². The molecule has 0 atom stereocenters.